The third-order valence-electron chi connectivity index (χ3n) is 6.68. The van der Waals surface area contributed by atoms with Crippen molar-refractivity contribution in [2.45, 2.75) is 30.8 Å². The highest BCUT2D eigenvalue weighted by Crippen LogP contribution is 2.61. The molecule has 0 saturated carbocycles. The van der Waals surface area contributed by atoms with Gasteiger partial charge in [-0.3, -0.25) is 9.59 Å². The van der Waals surface area contributed by atoms with Crippen LogP contribution in [0, 0.1) is 11.3 Å². The van der Waals surface area contributed by atoms with Gasteiger partial charge in [0.25, 0.3) is 0 Å². The van der Waals surface area contributed by atoms with Crippen molar-refractivity contribution in [2.75, 3.05) is 26.9 Å². The summed E-state index contributed by atoms with van der Waals surface area (Å²) in [7, 11) is 1.50. The number of hydrogen-bond donors (Lipinski definition) is 0. The monoisotopic (exact) mass is 398 g/mol. The smallest absolute Gasteiger partial charge is 0.219 e. The Morgan fingerprint density at radius 1 is 1.31 bits per heavy atom. The molecule has 154 valence electrons. The molecule has 4 rings (SSSR count). The zero-order valence-corrected chi connectivity index (χ0v) is 16.6. The van der Waals surface area contributed by atoms with E-state index in [2.05, 4.69) is 6.58 Å². The fourth-order valence-electron chi connectivity index (χ4n) is 5.30. The molecule has 3 aliphatic rings. The molecule has 2 heterocycles. The number of carbonyl (C=O) groups excluding carboxylic acids is 2. The summed E-state index contributed by atoms with van der Waals surface area (Å²) in [6.07, 6.45) is 5.09. The Balaban J connectivity index is 1.87. The first-order valence-electron chi connectivity index (χ1n) is 9.87. The van der Waals surface area contributed by atoms with Gasteiger partial charge in [-0.1, -0.05) is 43.0 Å². The molecule has 2 aliphatic heterocycles. The zero-order chi connectivity index (χ0) is 20.5. The van der Waals surface area contributed by atoms with Crippen molar-refractivity contribution in [3.8, 4) is 0 Å². The van der Waals surface area contributed by atoms with Gasteiger partial charge in [0.2, 0.25) is 5.79 Å². The molecular formula is C23H26O6. The summed E-state index contributed by atoms with van der Waals surface area (Å²) in [5.41, 5.74) is -1.15. The number of aldehydes is 1. The van der Waals surface area contributed by atoms with E-state index < -0.39 is 16.8 Å². The maximum absolute atomic E-state index is 13.3. The van der Waals surface area contributed by atoms with Crippen molar-refractivity contribution in [2.24, 2.45) is 11.3 Å². The Morgan fingerprint density at radius 3 is 2.79 bits per heavy atom. The summed E-state index contributed by atoms with van der Waals surface area (Å²) >= 11 is 0. The molecule has 0 aromatic heterocycles. The number of hydrogen-bond acceptors (Lipinski definition) is 6. The highest BCUT2D eigenvalue weighted by atomic mass is 16.7. The van der Waals surface area contributed by atoms with E-state index >= 15 is 0 Å². The van der Waals surface area contributed by atoms with Gasteiger partial charge in [-0.25, -0.2) is 0 Å². The fourth-order valence-corrected chi connectivity index (χ4v) is 5.30. The first kappa shape index (κ1) is 20.2. The van der Waals surface area contributed by atoms with Gasteiger partial charge in [-0.2, -0.15) is 0 Å². The van der Waals surface area contributed by atoms with Crippen LogP contribution < -0.4 is 0 Å². The van der Waals surface area contributed by atoms with Crippen LogP contribution in [0.1, 0.15) is 18.4 Å². The molecule has 1 spiro atoms. The van der Waals surface area contributed by atoms with Crippen molar-refractivity contribution in [3.63, 3.8) is 0 Å². The number of methoxy groups -OCH3 is 1. The van der Waals surface area contributed by atoms with Gasteiger partial charge in [0.1, 0.15) is 12.9 Å². The lowest BCUT2D eigenvalue weighted by molar-refractivity contribution is -0.378. The first-order valence-corrected chi connectivity index (χ1v) is 9.87. The summed E-state index contributed by atoms with van der Waals surface area (Å²) in [5, 5.41) is 0. The maximum Gasteiger partial charge on any atom is 0.219 e. The number of benzene rings is 1. The molecular weight excluding hydrogens is 372 g/mol. The number of allylic oxidation sites excluding steroid dienone is 1. The van der Waals surface area contributed by atoms with Crippen LogP contribution >= 0.6 is 0 Å². The molecule has 2 saturated heterocycles. The molecule has 0 N–H and O–H groups in total. The average Bonchev–Trinajstić information content (AvgIpc) is 2.77. The Kier molecular flexibility index (Phi) is 5.29. The molecule has 0 bridgehead atoms. The topological polar surface area (TPSA) is 71.1 Å². The fraction of sp³-hybridized carbons (Fsp3) is 0.478. The van der Waals surface area contributed by atoms with Gasteiger partial charge in [0, 0.05) is 18.6 Å². The van der Waals surface area contributed by atoms with E-state index in [1.54, 1.807) is 12.2 Å². The van der Waals surface area contributed by atoms with E-state index in [1.807, 2.05) is 30.3 Å². The lowest BCUT2D eigenvalue weighted by atomic mass is 9.53. The third-order valence-corrected chi connectivity index (χ3v) is 6.68. The number of Topliss-reactive ketones (excluding diaryl/α,β-unsaturated/α-hetero) is 1. The molecule has 0 unspecified atom stereocenters. The second-order valence-corrected chi connectivity index (χ2v) is 7.76. The predicted octanol–water partition coefficient (Wildman–Crippen LogP) is 2.62. The molecule has 0 amide bonds. The molecule has 1 aliphatic carbocycles. The van der Waals surface area contributed by atoms with Gasteiger partial charge in [0.05, 0.1) is 25.2 Å². The van der Waals surface area contributed by atoms with Crippen LogP contribution in [-0.4, -0.2) is 50.4 Å². The number of ketones is 1. The predicted molar refractivity (Wildman–Crippen MR) is 105 cm³/mol. The molecule has 6 heteroatoms. The second-order valence-electron chi connectivity index (χ2n) is 7.76. The minimum absolute atomic E-state index is 0.0128. The summed E-state index contributed by atoms with van der Waals surface area (Å²) in [6, 6.07) is 9.62. The Hall–Kier alpha value is -2.12. The summed E-state index contributed by atoms with van der Waals surface area (Å²) < 4.78 is 24.3. The van der Waals surface area contributed by atoms with Crippen LogP contribution in [0.4, 0.5) is 0 Å². The van der Waals surface area contributed by atoms with Crippen molar-refractivity contribution < 1.29 is 28.5 Å². The van der Waals surface area contributed by atoms with Crippen molar-refractivity contribution in [1.82, 2.24) is 0 Å². The number of carbonyl (C=O) groups is 2. The molecule has 4 atom stereocenters. The minimum Gasteiger partial charge on any atom is -0.373 e. The van der Waals surface area contributed by atoms with Crippen LogP contribution in [0.2, 0.25) is 0 Å². The second kappa shape index (κ2) is 7.61. The third kappa shape index (κ3) is 2.63. The number of ether oxygens (including phenoxy) is 4. The van der Waals surface area contributed by atoms with Crippen molar-refractivity contribution in [1.29, 1.82) is 0 Å². The average molecular weight is 398 g/mol. The lowest BCUT2D eigenvalue weighted by Crippen LogP contribution is -2.76. The van der Waals surface area contributed by atoms with E-state index in [0.717, 1.165) is 11.8 Å². The normalized spacial score (nSPS) is 36.5. The van der Waals surface area contributed by atoms with Gasteiger partial charge >= 0.3 is 0 Å². The molecule has 29 heavy (non-hydrogen) atoms. The van der Waals surface area contributed by atoms with E-state index in [1.165, 1.54) is 7.11 Å². The van der Waals surface area contributed by atoms with Crippen molar-refractivity contribution >= 4 is 12.1 Å². The van der Waals surface area contributed by atoms with Gasteiger partial charge < -0.3 is 18.9 Å². The summed E-state index contributed by atoms with van der Waals surface area (Å²) in [6.45, 7) is 4.99. The van der Waals surface area contributed by atoms with Gasteiger partial charge in [-0.05, 0) is 24.5 Å². The van der Waals surface area contributed by atoms with E-state index in [-0.39, 0.29) is 24.9 Å². The minimum atomic E-state index is -1.49. The SMILES string of the molecule is C=C[C@@]1(OCc2ccccc2)C(C=O)=CC[C@]23C(=O)COC[C@@H]2CCO[C@]31OC. The van der Waals surface area contributed by atoms with Crippen LogP contribution in [0.25, 0.3) is 0 Å². The number of rotatable bonds is 6. The molecule has 1 aromatic rings. The highest BCUT2D eigenvalue weighted by molar-refractivity contribution is 5.91. The Bertz CT molecular complexity index is 831. The van der Waals surface area contributed by atoms with E-state index in [9.17, 15) is 9.59 Å². The standard InChI is InChI=1S/C23H26O6/c1-3-22(29-14-17-7-5-4-6-8-17)18(13-24)9-11-21-19(15-27-16-20(21)25)10-12-28-23(21,22)26-2/h3-9,13,19H,1,10-12,14-16H2,2H3/t19-,21+,22+,23+/m0/s1. The highest BCUT2D eigenvalue weighted by Gasteiger charge is 2.75. The largest absolute Gasteiger partial charge is 0.373 e. The summed E-state index contributed by atoms with van der Waals surface area (Å²) in [5.74, 6) is -1.68. The molecule has 6 nitrogen and oxygen atoms in total. The van der Waals surface area contributed by atoms with Crippen LogP contribution in [0.3, 0.4) is 0 Å². The van der Waals surface area contributed by atoms with E-state index in [4.69, 9.17) is 18.9 Å². The van der Waals surface area contributed by atoms with E-state index in [0.29, 0.717) is 31.6 Å². The Morgan fingerprint density at radius 2 is 2.10 bits per heavy atom. The maximum atomic E-state index is 13.3. The first-order chi connectivity index (χ1) is 14.1. The zero-order valence-electron chi connectivity index (χ0n) is 16.6. The Labute approximate surface area is 170 Å². The van der Waals surface area contributed by atoms with Gasteiger partial charge in [-0.15, -0.1) is 0 Å². The van der Waals surface area contributed by atoms with Crippen molar-refractivity contribution in [3.05, 3.63) is 60.2 Å². The molecule has 1 aromatic carbocycles. The van der Waals surface area contributed by atoms with Crippen LogP contribution in [0.15, 0.2) is 54.6 Å². The molecule has 0 radical (unpaired) electrons. The van der Waals surface area contributed by atoms with Crippen LogP contribution in [0.5, 0.6) is 0 Å². The summed E-state index contributed by atoms with van der Waals surface area (Å²) in [4.78, 5) is 25.4. The van der Waals surface area contributed by atoms with Crippen LogP contribution in [-0.2, 0) is 35.1 Å². The van der Waals surface area contributed by atoms with Gasteiger partial charge in [0.15, 0.2) is 11.4 Å². The quantitative estimate of drug-likeness (QED) is 0.542. The molecule has 2 fully saturated rings. The lowest BCUT2D eigenvalue weighted by Gasteiger charge is -2.63.